The third kappa shape index (κ3) is 3.47. The summed E-state index contributed by atoms with van der Waals surface area (Å²) in [4.78, 5) is 15.7. The topological polar surface area (TPSA) is 68.0 Å². The average molecular weight is 242 g/mol. The molecule has 4 nitrogen and oxygen atoms in total. The zero-order valence-electron chi connectivity index (χ0n) is 8.98. The van der Waals surface area contributed by atoms with E-state index in [2.05, 4.69) is 10.3 Å². The number of hydrogen-bond acceptors (Lipinski definition) is 3. The van der Waals surface area contributed by atoms with E-state index < -0.39 is 0 Å². The first kappa shape index (κ1) is 12.9. The number of halogens is 1. The molecule has 1 saturated carbocycles. The van der Waals surface area contributed by atoms with Crippen molar-refractivity contribution in [1.29, 1.82) is 0 Å². The second-order valence-electron chi connectivity index (χ2n) is 3.89. The molecule has 2 rings (SSSR count). The molecule has 3 N–H and O–H groups in total. The van der Waals surface area contributed by atoms with Crippen LogP contribution in [0.4, 0.5) is 0 Å². The van der Waals surface area contributed by atoms with Gasteiger partial charge in [-0.15, -0.1) is 12.4 Å². The maximum absolute atomic E-state index is 11.7. The lowest BCUT2D eigenvalue weighted by molar-refractivity contribution is 0.0951. The highest BCUT2D eigenvalue weighted by molar-refractivity contribution is 5.94. The Morgan fingerprint density at radius 1 is 1.56 bits per heavy atom. The molecule has 0 radical (unpaired) electrons. The molecule has 1 aromatic rings. The van der Waals surface area contributed by atoms with Crippen molar-refractivity contribution < 1.29 is 4.79 Å². The Labute approximate surface area is 101 Å². The second kappa shape index (κ2) is 5.82. The van der Waals surface area contributed by atoms with Crippen LogP contribution in [0.15, 0.2) is 18.3 Å². The maximum atomic E-state index is 11.7. The van der Waals surface area contributed by atoms with Crippen molar-refractivity contribution in [3.8, 4) is 0 Å². The molecular weight excluding hydrogens is 226 g/mol. The van der Waals surface area contributed by atoms with Gasteiger partial charge in [-0.05, 0) is 30.9 Å². The van der Waals surface area contributed by atoms with Gasteiger partial charge in [0.1, 0.15) is 0 Å². The monoisotopic (exact) mass is 241 g/mol. The lowest BCUT2D eigenvalue weighted by Crippen LogP contribution is -2.25. The Morgan fingerprint density at radius 2 is 2.31 bits per heavy atom. The van der Waals surface area contributed by atoms with E-state index in [0.717, 1.165) is 12.2 Å². The van der Waals surface area contributed by atoms with Gasteiger partial charge in [0.15, 0.2) is 0 Å². The fourth-order valence-electron chi connectivity index (χ4n) is 1.39. The number of nitrogens with two attached hydrogens (primary N) is 1. The molecular formula is C11H16ClN3O. The van der Waals surface area contributed by atoms with E-state index in [1.165, 1.54) is 12.8 Å². The summed E-state index contributed by atoms with van der Waals surface area (Å²) in [7, 11) is 0. The molecule has 1 aliphatic rings. The Kier molecular flexibility index (Phi) is 4.71. The molecule has 0 aliphatic heterocycles. The largest absolute Gasteiger partial charge is 0.352 e. The van der Waals surface area contributed by atoms with Gasteiger partial charge in [-0.3, -0.25) is 9.78 Å². The molecule has 88 valence electrons. The number of aromatic nitrogens is 1. The zero-order chi connectivity index (χ0) is 10.7. The number of nitrogens with zero attached hydrogens (tertiary/aromatic N) is 1. The number of hydrogen-bond donors (Lipinski definition) is 2. The fraction of sp³-hybridized carbons (Fsp3) is 0.455. The van der Waals surface area contributed by atoms with Crippen LogP contribution in [0.3, 0.4) is 0 Å². The molecule has 0 spiro atoms. The molecule has 1 fully saturated rings. The minimum absolute atomic E-state index is 0. The predicted octanol–water partition coefficient (Wildman–Crippen LogP) is 1.10. The van der Waals surface area contributed by atoms with Crippen molar-refractivity contribution in [3.63, 3.8) is 0 Å². The van der Waals surface area contributed by atoms with E-state index in [4.69, 9.17) is 5.73 Å². The van der Waals surface area contributed by atoms with Crippen molar-refractivity contribution in [2.24, 2.45) is 11.7 Å². The number of nitrogens with one attached hydrogen (secondary N) is 1. The van der Waals surface area contributed by atoms with Gasteiger partial charge in [-0.25, -0.2) is 0 Å². The predicted molar refractivity (Wildman–Crippen MR) is 64.4 cm³/mol. The molecule has 0 unspecified atom stereocenters. The SMILES string of the molecule is Cl.NCc1cc(C(=O)NCC2CC2)ccn1. The quantitative estimate of drug-likeness (QED) is 0.830. The molecule has 0 atom stereocenters. The molecule has 1 aliphatic carbocycles. The summed E-state index contributed by atoms with van der Waals surface area (Å²) < 4.78 is 0. The molecule has 1 amide bonds. The molecule has 1 heterocycles. The molecule has 1 aromatic heterocycles. The molecule has 5 heteroatoms. The van der Waals surface area contributed by atoms with Gasteiger partial charge in [0.05, 0.1) is 5.69 Å². The van der Waals surface area contributed by atoms with Crippen molar-refractivity contribution in [2.75, 3.05) is 6.54 Å². The van der Waals surface area contributed by atoms with Crippen molar-refractivity contribution >= 4 is 18.3 Å². The summed E-state index contributed by atoms with van der Waals surface area (Å²) in [6.45, 7) is 1.16. The van der Waals surface area contributed by atoms with E-state index in [9.17, 15) is 4.79 Å². The van der Waals surface area contributed by atoms with E-state index in [0.29, 0.717) is 18.0 Å². The van der Waals surface area contributed by atoms with Gasteiger partial charge in [-0.2, -0.15) is 0 Å². The van der Waals surface area contributed by atoms with Gasteiger partial charge < -0.3 is 11.1 Å². The van der Waals surface area contributed by atoms with Crippen LogP contribution in [0.5, 0.6) is 0 Å². The first-order valence-electron chi connectivity index (χ1n) is 5.23. The van der Waals surface area contributed by atoms with Crippen LogP contribution in [0.1, 0.15) is 28.9 Å². The maximum Gasteiger partial charge on any atom is 0.251 e. The standard InChI is InChI=1S/C11H15N3O.ClH/c12-6-10-5-9(3-4-13-10)11(15)14-7-8-1-2-8;/h3-5,8H,1-2,6-7,12H2,(H,14,15);1H. The van der Waals surface area contributed by atoms with Gasteiger partial charge in [-0.1, -0.05) is 0 Å². The summed E-state index contributed by atoms with van der Waals surface area (Å²) in [5, 5.41) is 2.90. The number of rotatable bonds is 4. The van der Waals surface area contributed by atoms with Gasteiger partial charge in [0.25, 0.3) is 5.91 Å². The summed E-state index contributed by atoms with van der Waals surface area (Å²) >= 11 is 0. The van der Waals surface area contributed by atoms with Crippen molar-refractivity contribution in [2.45, 2.75) is 19.4 Å². The first-order chi connectivity index (χ1) is 7.29. The van der Waals surface area contributed by atoms with Crippen LogP contribution in [-0.2, 0) is 6.54 Å². The van der Waals surface area contributed by atoms with Gasteiger partial charge >= 0.3 is 0 Å². The molecule has 16 heavy (non-hydrogen) atoms. The van der Waals surface area contributed by atoms with Crippen molar-refractivity contribution in [3.05, 3.63) is 29.6 Å². The molecule has 0 bridgehead atoms. The van der Waals surface area contributed by atoms with E-state index >= 15 is 0 Å². The first-order valence-corrected chi connectivity index (χ1v) is 5.23. The minimum Gasteiger partial charge on any atom is -0.352 e. The Hall–Kier alpha value is -1.13. The van der Waals surface area contributed by atoms with Crippen LogP contribution in [-0.4, -0.2) is 17.4 Å². The number of amides is 1. The van der Waals surface area contributed by atoms with Crippen LogP contribution in [0.25, 0.3) is 0 Å². The fourth-order valence-corrected chi connectivity index (χ4v) is 1.39. The van der Waals surface area contributed by atoms with Crippen LogP contribution < -0.4 is 11.1 Å². The third-order valence-electron chi connectivity index (χ3n) is 2.54. The second-order valence-corrected chi connectivity index (χ2v) is 3.89. The van der Waals surface area contributed by atoms with E-state index in [1.807, 2.05) is 0 Å². The number of carbonyl (C=O) groups is 1. The summed E-state index contributed by atoms with van der Waals surface area (Å²) in [6, 6.07) is 3.45. The third-order valence-corrected chi connectivity index (χ3v) is 2.54. The molecule has 0 saturated heterocycles. The van der Waals surface area contributed by atoms with Gasteiger partial charge in [0, 0.05) is 24.8 Å². The normalized spacial score (nSPS) is 14.1. The lowest BCUT2D eigenvalue weighted by atomic mass is 10.2. The Bertz CT molecular complexity index is 366. The highest BCUT2D eigenvalue weighted by Crippen LogP contribution is 2.27. The lowest BCUT2D eigenvalue weighted by Gasteiger charge is -2.04. The summed E-state index contributed by atoms with van der Waals surface area (Å²) in [5.74, 6) is 0.670. The number of carbonyl (C=O) groups excluding carboxylic acids is 1. The van der Waals surface area contributed by atoms with Gasteiger partial charge in [0.2, 0.25) is 0 Å². The van der Waals surface area contributed by atoms with Crippen molar-refractivity contribution in [1.82, 2.24) is 10.3 Å². The average Bonchev–Trinajstić information content (AvgIpc) is 3.10. The van der Waals surface area contributed by atoms with Crippen LogP contribution >= 0.6 is 12.4 Å². The van der Waals surface area contributed by atoms with E-state index in [1.54, 1.807) is 18.3 Å². The summed E-state index contributed by atoms with van der Waals surface area (Å²) in [5.41, 5.74) is 6.85. The Balaban J connectivity index is 0.00000128. The molecule has 0 aromatic carbocycles. The highest BCUT2D eigenvalue weighted by atomic mass is 35.5. The smallest absolute Gasteiger partial charge is 0.251 e. The number of pyridine rings is 1. The zero-order valence-corrected chi connectivity index (χ0v) is 9.80. The minimum atomic E-state index is -0.0287. The highest BCUT2D eigenvalue weighted by Gasteiger charge is 2.21. The van der Waals surface area contributed by atoms with Crippen LogP contribution in [0.2, 0.25) is 0 Å². The Morgan fingerprint density at radius 3 is 2.94 bits per heavy atom. The van der Waals surface area contributed by atoms with Crippen LogP contribution in [0, 0.1) is 5.92 Å². The van der Waals surface area contributed by atoms with E-state index in [-0.39, 0.29) is 18.3 Å². The summed E-state index contributed by atoms with van der Waals surface area (Å²) in [6.07, 6.45) is 4.10.